The first-order valence-corrected chi connectivity index (χ1v) is 6.28. The number of benzene rings is 2. The third-order valence-electron chi connectivity index (χ3n) is 2.54. The van der Waals surface area contributed by atoms with E-state index in [2.05, 4.69) is 0 Å². The molecular formula is C13H8ClNOS. The molecule has 3 rings (SSSR count). The van der Waals surface area contributed by atoms with Crippen LogP contribution in [0.2, 0.25) is 5.02 Å². The minimum absolute atomic E-state index is 0.00728. The van der Waals surface area contributed by atoms with Crippen molar-refractivity contribution in [1.29, 1.82) is 0 Å². The van der Waals surface area contributed by atoms with Gasteiger partial charge < -0.3 is 0 Å². The van der Waals surface area contributed by atoms with E-state index in [-0.39, 0.29) is 5.56 Å². The molecule has 0 amide bonds. The Balaban J connectivity index is 2.32. The first-order valence-electron chi connectivity index (χ1n) is 5.13. The molecule has 0 radical (unpaired) electrons. The number of fused-ring (bicyclic) bond motifs is 1. The molecule has 4 heteroatoms. The molecule has 1 aromatic heterocycles. The van der Waals surface area contributed by atoms with Gasteiger partial charge in [0.2, 0.25) is 0 Å². The third-order valence-corrected chi connectivity index (χ3v) is 3.87. The molecule has 0 saturated carbocycles. The van der Waals surface area contributed by atoms with Crippen molar-refractivity contribution in [3.63, 3.8) is 0 Å². The predicted molar refractivity (Wildman–Crippen MR) is 72.4 cm³/mol. The quantitative estimate of drug-likeness (QED) is 0.655. The van der Waals surface area contributed by atoms with Gasteiger partial charge in [-0.1, -0.05) is 41.3 Å². The molecule has 0 spiro atoms. The molecule has 0 N–H and O–H groups in total. The Bertz CT molecular complexity index is 730. The fourth-order valence-electron chi connectivity index (χ4n) is 1.73. The fourth-order valence-corrected chi connectivity index (χ4v) is 3.01. The van der Waals surface area contributed by atoms with Gasteiger partial charge in [0, 0.05) is 5.02 Å². The smallest absolute Gasteiger partial charge is 0.267 e. The van der Waals surface area contributed by atoms with E-state index < -0.39 is 0 Å². The molecule has 0 atom stereocenters. The van der Waals surface area contributed by atoms with Crippen LogP contribution >= 0.6 is 23.1 Å². The lowest BCUT2D eigenvalue weighted by Gasteiger charge is -1.97. The van der Waals surface area contributed by atoms with Crippen molar-refractivity contribution in [2.45, 2.75) is 0 Å². The number of hydrogen-bond donors (Lipinski definition) is 0. The van der Waals surface area contributed by atoms with E-state index in [0.29, 0.717) is 10.4 Å². The normalized spacial score (nSPS) is 10.9. The monoisotopic (exact) mass is 261 g/mol. The van der Waals surface area contributed by atoms with Crippen molar-refractivity contribution in [3.05, 3.63) is 63.9 Å². The highest BCUT2D eigenvalue weighted by molar-refractivity contribution is 7.14. The Morgan fingerprint density at radius 3 is 2.59 bits per heavy atom. The minimum atomic E-state index is 0.00728. The second-order valence-electron chi connectivity index (χ2n) is 3.67. The lowest BCUT2D eigenvalue weighted by atomic mass is 10.3. The van der Waals surface area contributed by atoms with E-state index in [4.69, 9.17) is 11.6 Å². The summed E-state index contributed by atoms with van der Waals surface area (Å²) < 4.78 is 2.59. The van der Waals surface area contributed by atoms with E-state index in [9.17, 15) is 4.79 Å². The number of halogens is 1. The van der Waals surface area contributed by atoms with Gasteiger partial charge in [0.15, 0.2) is 0 Å². The van der Waals surface area contributed by atoms with Crippen LogP contribution in [0.15, 0.2) is 53.3 Å². The van der Waals surface area contributed by atoms with Gasteiger partial charge in [0.05, 0.1) is 15.8 Å². The number of hydrogen-bond acceptors (Lipinski definition) is 2. The van der Waals surface area contributed by atoms with Crippen molar-refractivity contribution >= 4 is 33.2 Å². The first kappa shape index (κ1) is 10.6. The van der Waals surface area contributed by atoms with Gasteiger partial charge in [0.1, 0.15) is 0 Å². The molecule has 1 heterocycles. The standard InChI is InChI=1S/C13H8ClNOS/c14-9-6-7-11-12(8-9)17-15(13(11)16)10-4-2-1-3-5-10/h1-8H. The van der Waals surface area contributed by atoms with Gasteiger partial charge >= 0.3 is 0 Å². The summed E-state index contributed by atoms with van der Waals surface area (Å²) in [6, 6.07) is 14.9. The molecule has 0 saturated heterocycles. The van der Waals surface area contributed by atoms with Gasteiger partial charge in [-0.3, -0.25) is 4.79 Å². The van der Waals surface area contributed by atoms with Crippen molar-refractivity contribution in [2.75, 3.05) is 0 Å². The molecule has 0 aliphatic rings. The van der Waals surface area contributed by atoms with Crippen molar-refractivity contribution in [2.24, 2.45) is 0 Å². The van der Waals surface area contributed by atoms with Crippen LogP contribution in [-0.2, 0) is 0 Å². The zero-order chi connectivity index (χ0) is 11.8. The number of para-hydroxylation sites is 1. The largest absolute Gasteiger partial charge is 0.273 e. The lowest BCUT2D eigenvalue weighted by molar-refractivity contribution is 1.14. The van der Waals surface area contributed by atoms with Crippen molar-refractivity contribution in [1.82, 2.24) is 3.96 Å². The SMILES string of the molecule is O=c1c2ccc(Cl)cc2sn1-c1ccccc1. The van der Waals surface area contributed by atoms with Gasteiger partial charge in [-0.05, 0) is 30.3 Å². The molecule has 0 unspecified atom stereocenters. The van der Waals surface area contributed by atoms with Crippen molar-refractivity contribution < 1.29 is 0 Å². The predicted octanol–water partition coefficient (Wildman–Crippen LogP) is 3.71. The average molecular weight is 262 g/mol. The highest BCUT2D eigenvalue weighted by atomic mass is 35.5. The van der Waals surface area contributed by atoms with Crippen LogP contribution in [0.3, 0.4) is 0 Å². The van der Waals surface area contributed by atoms with Gasteiger partial charge in [-0.2, -0.15) is 0 Å². The van der Waals surface area contributed by atoms with E-state index >= 15 is 0 Å². The molecule has 17 heavy (non-hydrogen) atoms. The molecule has 0 aliphatic heterocycles. The van der Waals surface area contributed by atoms with Crippen LogP contribution < -0.4 is 5.56 Å². The Hall–Kier alpha value is -1.58. The summed E-state index contributed by atoms with van der Waals surface area (Å²) in [5.74, 6) is 0. The average Bonchev–Trinajstić information content (AvgIpc) is 2.67. The lowest BCUT2D eigenvalue weighted by Crippen LogP contribution is -2.10. The van der Waals surface area contributed by atoms with E-state index in [1.165, 1.54) is 11.5 Å². The Kier molecular flexibility index (Phi) is 2.50. The molecule has 2 nitrogen and oxygen atoms in total. The summed E-state index contributed by atoms with van der Waals surface area (Å²) in [5, 5.41) is 1.36. The minimum Gasteiger partial charge on any atom is -0.267 e. The fraction of sp³-hybridized carbons (Fsp3) is 0. The van der Waals surface area contributed by atoms with Crippen LogP contribution in [0.25, 0.3) is 15.8 Å². The van der Waals surface area contributed by atoms with Crippen LogP contribution in [0.4, 0.5) is 0 Å². The topological polar surface area (TPSA) is 22.0 Å². The maximum atomic E-state index is 12.2. The maximum absolute atomic E-state index is 12.2. The second-order valence-corrected chi connectivity index (χ2v) is 5.09. The number of rotatable bonds is 1. The summed E-state index contributed by atoms with van der Waals surface area (Å²) in [5.41, 5.74) is 0.891. The highest BCUT2D eigenvalue weighted by Crippen LogP contribution is 2.23. The second kappa shape index (κ2) is 4.02. The summed E-state index contributed by atoms with van der Waals surface area (Å²) >= 11 is 7.33. The van der Waals surface area contributed by atoms with Crippen LogP contribution in [0.1, 0.15) is 0 Å². The number of aromatic nitrogens is 1. The van der Waals surface area contributed by atoms with Gasteiger partial charge in [-0.25, -0.2) is 3.96 Å². The molecule has 0 fully saturated rings. The Morgan fingerprint density at radius 2 is 1.82 bits per heavy atom. The van der Waals surface area contributed by atoms with E-state index in [0.717, 1.165) is 10.4 Å². The maximum Gasteiger partial charge on any atom is 0.273 e. The molecule has 0 bridgehead atoms. The zero-order valence-corrected chi connectivity index (χ0v) is 10.3. The summed E-state index contributed by atoms with van der Waals surface area (Å²) in [6.45, 7) is 0. The first-order chi connectivity index (χ1) is 8.25. The molecule has 0 aliphatic carbocycles. The zero-order valence-electron chi connectivity index (χ0n) is 8.76. The van der Waals surface area contributed by atoms with E-state index in [1.807, 2.05) is 36.4 Å². The van der Waals surface area contributed by atoms with Crippen LogP contribution in [0, 0.1) is 0 Å². The Morgan fingerprint density at radius 1 is 1.06 bits per heavy atom. The van der Waals surface area contributed by atoms with Gasteiger partial charge in [-0.15, -0.1) is 0 Å². The van der Waals surface area contributed by atoms with Crippen LogP contribution in [0.5, 0.6) is 0 Å². The summed E-state index contributed by atoms with van der Waals surface area (Å²) in [7, 11) is 0. The molecule has 84 valence electrons. The summed E-state index contributed by atoms with van der Waals surface area (Å²) in [6.07, 6.45) is 0. The molecule has 3 aromatic rings. The third kappa shape index (κ3) is 1.77. The number of nitrogens with zero attached hydrogens (tertiary/aromatic N) is 1. The van der Waals surface area contributed by atoms with Crippen molar-refractivity contribution in [3.8, 4) is 5.69 Å². The molecule has 2 aromatic carbocycles. The van der Waals surface area contributed by atoms with Gasteiger partial charge in [0.25, 0.3) is 5.56 Å². The highest BCUT2D eigenvalue weighted by Gasteiger charge is 2.08. The van der Waals surface area contributed by atoms with E-state index in [1.54, 1.807) is 16.1 Å². The molecular weight excluding hydrogens is 254 g/mol. The Labute approximate surface area is 107 Å². The van der Waals surface area contributed by atoms with Crippen LogP contribution in [-0.4, -0.2) is 3.96 Å². The summed E-state index contributed by atoms with van der Waals surface area (Å²) in [4.78, 5) is 12.2.